The number of nitrogens with zero attached hydrogens (tertiary/aromatic N) is 2. The first-order chi connectivity index (χ1) is 8.13. The molecule has 1 aliphatic heterocycles. The summed E-state index contributed by atoms with van der Waals surface area (Å²) in [6.45, 7) is 5.09. The Labute approximate surface area is 111 Å². The third kappa shape index (κ3) is 3.08. The fourth-order valence-corrected chi connectivity index (χ4v) is 2.59. The van der Waals surface area contributed by atoms with Gasteiger partial charge in [-0.05, 0) is 44.5 Å². The predicted molar refractivity (Wildman–Crippen MR) is 72.4 cm³/mol. The minimum Gasteiger partial charge on any atom is -0.299 e. The number of nitriles is 1. The molecule has 0 amide bonds. The minimum absolute atomic E-state index is 0.107. The number of likely N-dealkylation sites (tertiary alicyclic amines) is 1. The van der Waals surface area contributed by atoms with E-state index in [4.69, 9.17) is 5.26 Å². The molecule has 0 radical (unpaired) electrons. The van der Waals surface area contributed by atoms with Gasteiger partial charge in [0.1, 0.15) is 0 Å². The molecule has 90 valence electrons. The third-order valence-corrected chi connectivity index (χ3v) is 4.35. The summed E-state index contributed by atoms with van der Waals surface area (Å²) in [7, 11) is 0. The number of rotatable bonds is 2. The van der Waals surface area contributed by atoms with Gasteiger partial charge in [0, 0.05) is 11.0 Å². The van der Waals surface area contributed by atoms with Crippen molar-refractivity contribution in [3.05, 3.63) is 34.3 Å². The molecule has 2 nitrogen and oxygen atoms in total. The van der Waals surface area contributed by atoms with Gasteiger partial charge in [-0.3, -0.25) is 4.90 Å². The van der Waals surface area contributed by atoms with Gasteiger partial charge in [-0.15, -0.1) is 0 Å². The van der Waals surface area contributed by atoms with Crippen molar-refractivity contribution in [3.63, 3.8) is 0 Å². The van der Waals surface area contributed by atoms with Gasteiger partial charge >= 0.3 is 0 Å². The molecule has 0 N–H and O–H groups in total. The summed E-state index contributed by atoms with van der Waals surface area (Å²) in [4.78, 5) is 2.43. The van der Waals surface area contributed by atoms with Crippen LogP contribution in [0.5, 0.6) is 0 Å². The highest BCUT2D eigenvalue weighted by Crippen LogP contribution is 2.30. The average molecular weight is 293 g/mol. The summed E-state index contributed by atoms with van der Waals surface area (Å²) in [5, 5.41) is 9.09. The van der Waals surface area contributed by atoms with Gasteiger partial charge in [0.05, 0.1) is 11.5 Å². The molecule has 0 atom stereocenters. The van der Waals surface area contributed by atoms with Crippen molar-refractivity contribution in [2.24, 2.45) is 5.41 Å². The van der Waals surface area contributed by atoms with Crippen molar-refractivity contribution in [2.45, 2.75) is 26.3 Å². The fourth-order valence-electron chi connectivity index (χ4n) is 2.18. The molecule has 3 heteroatoms. The molecule has 1 heterocycles. The molecule has 1 saturated heterocycles. The molecule has 1 fully saturated rings. The van der Waals surface area contributed by atoms with Crippen LogP contribution in [-0.2, 0) is 6.54 Å². The van der Waals surface area contributed by atoms with Crippen LogP contribution in [-0.4, -0.2) is 18.0 Å². The molecule has 1 aromatic rings. The van der Waals surface area contributed by atoms with Gasteiger partial charge < -0.3 is 0 Å². The lowest BCUT2D eigenvalue weighted by Crippen LogP contribution is -2.37. The van der Waals surface area contributed by atoms with E-state index in [1.807, 2.05) is 6.07 Å². The third-order valence-electron chi connectivity index (χ3n) is 3.58. The Hall–Kier alpha value is -0.850. The quantitative estimate of drug-likeness (QED) is 0.833. The van der Waals surface area contributed by atoms with Crippen molar-refractivity contribution in [2.75, 3.05) is 13.1 Å². The Morgan fingerprint density at radius 1 is 1.35 bits per heavy atom. The van der Waals surface area contributed by atoms with Gasteiger partial charge in [0.2, 0.25) is 0 Å². The molecule has 2 rings (SSSR count). The summed E-state index contributed by atoms with van der Waals surface area (Å²) >= 11 is 3.58. The van der Waals surface area contributed by atoms with Crippen LogP contribution in [0.3, 0.4) is 0 Å². The van der Waals surface area contributed by atoms with Gasteiger partial charge in [-0.25, -0.2) is 0 Å². The van der Waals surface area contributed by atoms with Gasteiger partial charge in [-0.1, -0.05) is 34.1 Å². The van der Waals surface area contributed by atoms with Crippen LogP contribution >= 0.6 is 15.9 Å². The second kappa shape index (κ2) is 5.20. The topological polar surface area (TPSA) is 27.0 Å². The molecule has 0 aliphatic carbocycles. The zero-order chi connectivity index (χ0) is 12.3. The highest BCUT2D eigenvalue weighted by molar-refractivity contribution is 9.10. The van der Waals surface area contributed by atoms with E-state index in [-0.39, 0.29) is 5.41 Å². The van der Waals surface area contributed by atoms with E-state index < -0.39 is 0 Å². The normalized spacial score (nSPS) is 19.8. The largest absolute Gasteiger partial charge is 0.299 e. The van der Waals surface area contributed by atoms with Crippen LogP contribution in [0, 0.1) is 16.7 Å². The van der Waals surface area contributed by atoms with E-state index in [0.29, 0.717) is 0 Å². The van der Waals surface area contributed by atoms with E-state index >= 15 is 0 Å². The number of halogens is 1. The summed E-state index contributed by atoms with van der Waals surface area (Å²) in [5.74, 6) is 0. The summed E-state index contributed by atoms with van der Waals surface area (Å²) < 4.78 is 1.17. The molecule has 0 aromatic heterocycles. The predicted octanol–water partition coefficient (Wildman–Crippen LogP) is 3.57. The molecule has 17 heavy (non-hydrogen) atoms. The number of benzene rings is 1. The highest BCUT2D eigenvalue weighted by atomic mass is 79.9. The molecule has 1 aromatic carbocycles. The smallest absolute Gasteiger partial charge is 0.0687 e. The van der Waals surface area contributed by atoms with E-state index in [0.717, 1.165) is 32.5 Å². The molecule has 0 spiro atoms. The Bertz CT molecular complexity index is 428. The molecular formula is C14H17BrN2. The monoisotopic (exact) mass is 292 g/mol. The minimum atomic E-state index is -0.107. The maximum atomic E-state index is 9.09. The van der Waals surface area contributed by atoms with Gasteiger partial charge in [0.25, 0.3) is 0 Å². The number of piperidine rings is 1. The molecule has 0 saturated carbocycles. The first-order valence-corrected chi connectivity index (χ1v) is 6.79. The van der Waals surface area contributed by atoms with Crippen LogP contribution in [0.2, 0.25) is 0 Å². The number of hydrogen-bond acceptors (Lipinski definition) is 2. The van der Waals surface area contributed by atoms with E-state index in [1.54, 1.807) is 0 Å². The Balaban J connectivity index is 1.95. The van der Waals surface area contributed by atoms with Crippen molar-refractivity contribution in [1.29, 1.82) is 5.26 Å². The van der Waals surface area contributed by atoms with E-state index in [9.17, 15) is 0 Å². The first kappa shape index (κ1) is 12.6. The average Bonchev–Trinajstić information content (AvgIpc) is 2.35. The SMILES string of the molecule is CC1(C#N)CCN(Cc2ccccc2Br)CC1. The summed E-state index contributed by atoms with van der Waals surface area (Å²) in [5.41, 5.74) is 1.22. The fraction of sp³-hybridized carbons (Fsp3) is 0.500. The van der Waals surface area contributed by atoms with Gasteiger partial charge in [0.15, 0.2) is 0 Å². The first-order valence-electron chi connectivity index (χ1n) is 6.00. The lowest BCUT2D eigenvalue weighted by molar-refractivity contribution is 0.150. The number of hydrogen-bond donors (Lipinski definition) is 0. The lowest BCUT2D eigenvalue weighted by atomic mass is 9.82. The molecular weight excluding hydrogens is 276 g/mol. The van der Waals surface area contributed by atoms with E-state index in [1.165, 1.54) is 10.0 Å². The Kier molecular flexibility index (Phi) is 3.86. The standard InChI is InChI=1S/C14H17BrN2/c1-14(11-16)6-8-17(9-7-14)10-12-4-2-3-5-13(12)15/h2-5H,6-10H2,1H3. The highest BCUT2D eigenvalue weighted by Gasteiger charge is 2.29. The van der Waals surface area contributed by atoms with Crippen LogP contribution in [0.4, 0.5) is 0 Å². The Morgan fingerprint density at radius 2 is 2.00 bits per heavy atom. The zero-order valence-electron chi connectivity index (χ0n) is 10.1. The maximum Gasteiger partial charge on any atom is 0.0687 e. The van der Waals surface area contributed by atoms with Crippen molar-refractivity contribution >= 4 is 15.9 Å². The summed E-state index contributed by atoms with van der Waals surface area (Å²) in [6.07, 6.45) is 1.96. The summed E-state index contributed by atoms with van der Waals surface area (Å²) in [6, 6.07) is 10.8. The lowest BCUT2D eigenvalue weighted by Gasteiger charge is -2.35. The van der Waals surface area contributed by atoms with Crippen LogP contribution in [0.25, 0.3) is 0 Å². The van der Waals surface area contributed by atoms with Crippen molar-refractivity contribution in [3.8, 4) is 6.07 Å². The second-order valence-electron chi connectivity index (χ2n) is 5.04. The van der Waals surface area contributed by atoms with Crippen LogP contribution in [0.1, 0.15) is 25.3 Å². The van der Waals surface area contributed by atoms with Crippen molar-refractivity contribution in [1.82, 2.24) is 4.90 Å². The second-order valence-corrected chi connectivity index (χ2v) is 5.89. The molecule has 0 unspecified atom stereocenters. The Morgan fingerprint density at radius 3 is 2.59 bits per heavy atom. The maximum absolute atomic E-state index is 9.09. The van der Waals surface area contributed by atoms with Gasteiger partial charge in [-0.2, -0.15) is 5.26 Å². The zero-order valence-corrected chi connectivity index (χ0v) is 11.7. The van der Waals surface area contributed by atoms with E-state index in [2.05, 4.69) is 52.0 Å². The van der Waals surface area contributed by atoms with Crippen LogP contribution < -0.4 is 0 Å². The van der Waals surface area contributed by atoms with Crippen LogP contribution in [0.15, 0.2) is 28.7 Å². The molecule has 1 aliphatic rings. The van der Waals surface area contributed by atoms with Crippen molar-refractivity contribution < 1.29 is 0 Å². The molecule has 0 bridgehead atoms.